The second-order valence-electron chi connectivity index (χ2n) is 9.65. The number of halogens is 3. The summed E-state index contributed by atoms with van der Waals surface area (Å²) in [6.07, 6.45) is -2.85. The molecule has 0 unspecified atom stereocenters. The van der Waals surface area contributed by atoms with Gasteiger partial charge >= 0.3 is 6.18 Å². The fourth-order valence-electron chi connectivity index (χ4n) is 4.81. The smallest absolute Gasteiger partial charge is 0.343 e. The molecule has 41 heavy (non-hydrogen) atoms. The van der Waals surface area contributed by atoms with E-state index in [9.17, 15) is 27.6 Å². The van der Waals surface area contributed by atoms with Gasteiger partial charge in [0.05, 0.1) is 16.3 Å². The molecule has 7 nitrogen and oxygen atoms in total. The van der Waals surface area contributed by atoms with Crippen molar-refractivity contribution in [3.8, 4) is 11.1 Å². The highest BCUT2D eigenvalue weighted by Crippen LogP contribution is 2.35. The number of hydrogen-bond acceptors (Lipinski definition) is 7. The van der Waals surface area contributed by atoms with Crippen molar-refractivity contribution >= 4 is 63.0 Å². The molecule has 2 aromatic carbocycles. The van der Waals surface area contributed by atoms with Crippen molar-refractivity contribution < 1.29 is 27.6 Å². The van der Waals surface area contributed by atoms with Crippen molar-refractivity contribution in [1.82, 2.24) is 14.8 Å². The zero-order valence-electron chi connectivity index (χ0n) is 21.6. The minimum Gasteiger partial charge on any atom is -0.343 e. The van der Waals surface area contributed by atoms with Crippen LogP contribution >= 0.6 is 35.3 Å². The van der Waals surface area contributed by atoms with Crippen LogP contribution in [0.4, 0.5) is 18.9 Å². The second kappa shape index (κ2) is 12.3. The zero-order chi connectivity index (χ0) is 29.1. The molecule has 1 N–H and O–H groups in total. The molecule has 2 aliphatic rings. The first-order valence-electron chi connectivity index (χ1n) is 12.9. The van der Waals surface area contributed by atoms with Gasteiger partial charge in [0.25, 0.3) is 5.91 Å². The Morgan fingerprint density at radius 1 is 1.10 bits per heavy atom. The monoisotopic (exact) mass is 618 g/mol. The number of nitrogens with zero attached hydrogens (tertiary/aromatic N) is 3. The summed E-state index contributed by atoms with van der Waals surface area (Å²) in [6, 6.07) is 11.7. The van der Waals surface area contributed by atoms with Gasteiger partial charge in [0, 0.05) is 48.6 Å². The SMILES string of the molecule is O=C(Nc1ccccc1-c1cccc(C(F)(F)F)c1)c1csc(C2CCN(C(=O)CCN3C(=O)CSC3=S)CC2)n1. The third kappa shape index (κ3) is 6.79. The zero-order valence-corrected chi connectivity index (χ0v) is 24.1. The first kappa shape index (κ1) is 29.2. The van der Waals surface area contributed by atoms with Crippen LogP contribution in [-0.4, -0.2) is 62.2 Å². The number of carbonyl (C=O) groups excluding carboxylic acids is 3. The number of alkyl halides is 3. The fraction of sp³-hybridized carbons (Fsp3) is 0.321. The van der Waals surface area contributed by atoms with Gasteiger partial charge in [-0.05, 0) is 36.6 Å². The van der Waals surface area contributed by atoms with Crippen molar-refractivity contribution in [2.24, 2.45) is 0 Å². The number of para-hydroxylation sites is 1. The normalized spacial score (nSPS) is 16.4. The highest BCUT2D eigenvalue weighted by Gasteiger charge is 2.31. The first-order valence-corrected chi connectivity index (χ1v) is 15.2. The van der Waals surface area contributed by atoms with E-state index in [1.54, 1.807) is 40.6 Å². The average molecular weight is 619 g/mol. The van der Waals surface area contributed by atoms with Crippen LogP contribution in [-0.2, 0) is 15.8 Å². The Balaban J connectivity index is 1.18. The summed E-state index contributed by atoms with van der Waals surface area (Å²) in [6.45, 7) is 1.41. The van der Waals surface area contributed by atoms with Crippen LogP contribution in [0.15, 0.2) is 53.9 Å². The number of hydrogen-bond donors (Lipinski definition) is 1. The van der Waals surface area contributed by atoms with E-state index in [-0.39, 0.29) is 29.8 Å². The number of thioether (sulfide) groups is 1. The van der Waals surface area contributed by atoms with Crippen LogP contribution in [0.25, 0.3) is 11.1 Å². The molecule has 0 bridgehead atoms. The molecule has 0 atom stereocenters. The lowest BCUT2D eigenvalue weighted by atomic mass is 9.97. The Hall–Kier alpha value is -3.29. The van der Waals surface area contributed by atoms with Gasteiger partial charge in [-0.3, -0.25) is 19.3 Å². The number of anilines is 1. The van der Waals surface area contributed by atoms with Crippen LogP contribution < -0.4 is 5.32 Å². The quantitative estimate of drug-likeness (QED) is 0.326. The molecule has 3 heterocycles. The highest BCUT2D eigenvalue weighted by atomic mass is 32.2. The number of carbonyl (C=O) groups is 3. The lowest BCUT2D eigenvalue weighted by molar-refractivity contribution is -0.137. The number of benzene rings is 2. The van der Waals surface area contributed by atoms with E-state index in [0.29, 0.717) is 59.4 Å². The molecule has 0 aliphatic carbocycles. The van der Waals surface area contributed by atoms with E-state index in [2.05, 4.69) is 10.3 Å². The molecule has 0 saturated carbocycles. The van der Waals surface area contributed by atoms with Gasteiger partial charge in [0.15, 0.2) is 0 Å². The molecular weight excluding hydrogens is 594 g/mol. The number of nitrogens with one attached hydrogen (secondary N) is 1. The number of amides is 3. The number of rotatable bonds is 7. The number of aromatic nitrogens is 1. The van der Waals surface area contributed by atoms with Crippen LogP contribution in [0.2, 0.25) is 0 Å². The molecule has 0 radical (unpaired) electrons. The van der Waals surface area contributed by atoms with Crippen molar-refractivity contribution in [3.63, 3.8) is 0 Å². The van der Waals surface area contributed by atoms with Gasteiger partial charge in [-0.25, -0.2) is 4.98 Å². The maximum Gasteiger partial charge on any atom is 0.416 e. The van der Waals surface area contributed by atoms with Crippen molar-refractivity contribution in [2.45, 2.75) is 31.4 Å². The molecule has 214 valence electrons. The number of thiocarbonyl (C=S) groups is 1. The van der Waals surface area contributed by atoms with Gasteiger partial charge in [0.2, 0.25) is 11.8 Å². The lowest BCUT2D eigenvalue weighted by Crippen LogP contribution is -2.40. The predicted molar refractivity (Wildman–Crippen MR) is 157 cm³/mol. The van der Waals surface area contributed by atoms with Crippen molar-refractivity contribution in [1.29, 1.82) is 0 Å². The third-order valence-electron chi connectivity index (χ3n) is 7.02. The Morgan fingerprint density at radius 2 is 1.85 bits per heavy atom. The van der Waals surface area contributed by atoms with E-state index in [0.717, 1.165) is 17.1 Å². The fourth-order valence-corrected chi connectivity index (χ4v) is 6.90. The van der Waals surface area contributed by atoms with E-state index < -0.39 is 17.6 Å². The summed E-state index contributed by atoms with van der Waals surface area (Å²) in [5.41, 5.74) is 0.649. The minimum atomic E-state index is -4.48. The summed E-state index contributed by atoms with van der Waals surface area (Å²) >= 11 is 7.86. The molecule has 2 aliphatic heterocycles. The molecule has 1 aromatic heterocycles. The van der Waals surface area contributed by atoms with Crippen LogP contribution in [0.1, 0.15) is 46.2 Å². The predicted octanol–water partition coefficient (Wildman–Crippen LogP) is 6.04. The van der Waals surface area contributed by atoms with Crippen LogP contribution in [0, 0.1) is 0 Å². The van der Waals surface area contributed by atoms with E-state index in [4.69, 9.17) is 12.2 Å². The van der Waals surface area contributed by atoms with Crippen molar-refractivity contribution in [3.05, 3.63) is 70.2 Å². The van der Waals surface area contributed by atoms with E-state index in [1.807, 2.05) is 0 Å². The summed E-state index contributed by atoms with van der Waals surface area (Å²) in [5, 5.41) is 5.27. The maximum atomic E-state index is 13.2. The molecule has 2 fully saturated rings. The van der Waals surface area contributed by atoms with E-state index >= 15 is 0 Å². The van der Waals surface area contributed by atoms with Gasteiger partial charge in [-0.2, -0.15) is 13.2 Å². The topological polar surface area (TPSA) is 82.6 Å². The van der Waals surface area contributed by atoms with E-state index in [1.165, 1.54) is 34.1 Å². The standard InChI is InChI=1S/C28H25F3N4O3S3/c29-28(30,31)19-5-3-4-18(14-19)20-6-1-2-7-21(20)32-25(38)22-15-40-26(33-22)17-8-11-34(12-9-17)23(36)10-13-35-24(37)16-41-27(35)39/h1-7,14-15,17H,8-13,16H2,(H,32,38). The number of thiazole rings is 1. The van der Waals surface area contributed by atoms with Crippen LogP contribution in [0.5, 0.6) is 0 Å². The largest absolute Gasteiger partial charge is 0.416 e. The molecule has 3 aromatic rings. The van der Waals surface area contributed by atoms with Crippen molar-refractivity contribution in [2.75, 3.05) is 30.7 Å². The van der Waals surface area contributed by atoms with Gasteiger partial charge < -0.3 is 10.2 Å². The Bertz CT molecular complexity index is 1470. The highest BCUT2D eigenvalue weighted by molar-refractivity contribution is 8.23. The lowest BCUT2D eigenvalue weighted by Gasteiger charge is -2.31. The molecule has 3 amide bonds. The molecule has 5 rings (SSSR count). The first-order chi connectivity index (χ1) is 19.6. The Kier molecular flexibility index (Phi) is 8.76. The minimum absolute atomic E-state index is 0.0189. The third-order valence-corrected chi connectivity index (χ3v) is 9.46. The number of piperidine rings is 1. The average Bonchev–Trinajstić information content (AvgIpc) is 3.58. The Labute approximate surface area is 248 Å². The van der Waals surface area contributed by atoms with Gasteiger partial charge in [0.1, 0.15) is 10.0 Å². The molecule has 0 spiro atoms. The summed E-state index contributed by atoms with van der Waals surface area (Å²) in [4.78, 5) is 45.4. The summed E-state index contributed by atoms with van der Waals surface area (Å²) in [7, 11) is 0. The van der Waals surface area contributed by atoms with Gasteiger partial charge in [-0.1, -0.05) is 54.3 Å². The Morgan fingerprint density at radius 3 is 2.56 bits per heavy atom. The molecular formula is C28H25F3N4O3S3. The molecule has 13 heteroatoms. The second-order valence-corrected chi connectivity index (χ2v) is 12.2. The summed E-state index contributed by atoms with van der Waals surface area (Å²) < 4.78 is 40.2. The summed E-state index contributed by atoms with van der Waals surface area (Å²) in [5.74, 6) is -0.0998. The molecule has 2 saturated heterocycles. The number of likely N-dealkylation sites (tertiary alicyclic amines) is 1. The van der Waals surface area contributed by atoms with Gasteiger partial charge in [-0.15, -0.1) is 11.3 Å². The maximum absolute atomic E-state index is 13.2. The van der Waals surface area contributed by atoms with Crippen LogP contribution in [0.3, 0.4) is 0 Å².